The molecule has 2 fully saturated rings. The number of carbonyl (C=O) groups is 2. The average molecular weight is 235 g/mol. The van der Waals surface area contributed by atoms with Gasteiger partial charge in [-0.3, -0.25) is 20.0 Å². The number of carbonyl (C=O) groups excluding carboxylic acids is 2. The Kier molecular flexibility index (Phi) is 2.35. The van der Waals surface area contributed by atoms with Crippen molar-refractivity contribution < 1.29 is 14.0 Å². The summed E-state index contributed by atoms with van der Waals surface area (Å²) in [6, 6.07) is 0. The van der Waals surface area contributed by atoms with Crippen LogP contribution in [0.2, 0.25) is 0 Å². The Balaban J connectivity index is 1.66. The van der Waals surface area contributed by atoms with Crippen LogP contribution in [0.15, 0.2) is 10.7 Å². The molecule has 2 heterocycles. The smallest absolute Gasteiger partial charge is 0.291 e. The van der Waals surface area contributed by atoms with Gasteiger partial charge in [0.2, 0.25) is 5.91 Å². The van der Waals surface area contributed by atoms with Gasteiger partial charge in [0.15, 0.2) is 11.6 Å². The Hall–Kier alpha value is -1.85. The molecule has 1 aromatic heterocycles. The highest BCUT2D eigenvalue weighted by Crippen LogP contribution is 2.39. The minimum Gasteiger partial charge on any atom is -0.448 e. The monoisotopic (exact) mass is 235 g/mol. The zero-order valence-electron chi connectivity index (χ0n) is 9.31. The Morgan fingerprint density at radius 3 is 3.00 bits per heavy atom. The van der Waals surface area contributed by atoms with Crippen LogP contribution in [0.1, 0.15) is 48.0 Å². The normalized spacial score (nSPS) is 19.8. The van der Waals surface area contributed by atoms with Crippen LogP contribution in [0.3, 0.4) is 0 Å². The number of nitrogens with one attached hydrogen (secondary N) is 1. The van der Waals surface area contributed by atoms with E-state index >= 15 is 0 Å². The highest BCUT2D eigenvalue weighted by Gasteiger charge is 2.30. The highest BCUT2D eigenvalue weighted by molar-refractivity contribution is 5.93. The van der Waals surface area contributed by atoms with E-state index in [1.54, 1.807) is 0 Å². The highest BCUT2D eigenvalue weighted by atomic mass is 16.3. The van der Waals surface area contributed by atoms with Crippen LogP contribution in [0, 0.1) is 0 Å². The van der Waals surface area contributed by atoms with Crippen LogP contribution in [0.4, 0.5) is 0 Å². The first-order chi connectivity index (χ1) is 8.24. The second kappa shape index (κ2) is 3.87. The summed E-state index contributed by atoms with van der Waals surface area (Å²) in [4.78, 5) is 27.2. The van der Waals surface area contributed by atoms with Gasteiger partial charge in [-0.1, -0.05) is 0 Å². The summed E-state index contributed by atoms with van der Waals surface area (Å²) >= 11 is 0. The number of hydrogen-bond acceptors (Lipinski definition) is 4. The number of nitrogens with zero attached hydrogens (tertiary/aromatic N) is 2. The summed E-state index contributed by atoms with van der Waals surface area (Å²) in [6.07, 6.45) is 4.78. The molecule has 90 valence electrons. The quantitative estimate of drug-likeness (QED) is 0.841. The van der Waals surface area contributed by atoms with Gasteiger partial charge in [-0.05, 0) is 19.3 Å². The summed E-state index contributed by atoms with van der Waals surface area (Å²) in [5, 5.41) is 1.34. The number of rotatable bonds is 3. The van der Waals surface area contributed by atoms with Crippen LogP contribution in [-0.4, -0.2) is 28.4 Å². The second-order valence-electron chi connectivity index (χ2n) is 4.44. The molecule has 1 aliphatic heterocycles. The molecule has 0 aromatic carbocycles. The molecule has 2 aliphatic rings. The molecule has 1 aliphatic carbocycles. The molecule has 6 nitrogen and oxygen atoms in total. The van der Waals surface area contributed by atoms with Crippen LogP contribution < -0.4 is 5.43 Å². The maximum atomic E-state index is 11.8. The lowest BCUT2D eigenvalue weighted by Gasteiger charge is -2.15. The fourth-order valence-electron chi connectivity index (χ4n) is 1.86. The Morgan fingerprint density at radius 2 is 2.35 bits per heavy atom. The summed E-state index contributed by atoms with van der Waals surface area (Å²) in [5.41, 5.74) is 2.78. The largest absolute Gasteiger partial charge is 0.448 e. The van der Waals surface area contributed by atoms with E-state index in [9.17, 15) is 9.59 Å². The molecule has 0 unspecified atom stereocenters. The minimum absolute atomic E-state index is 0.0516. The van der Waals surface area contributed by atoms with Crippen LogP contribution >= 0.6 is 0 Å². The summed E-state index contributed by atoms with van der Waals surface area (Å²) < 4.78 is 5.23. The Labute approximate surface area is 98.0 Å². The lowest BCUT2D eigenvalue weighted by atomic mass is 10.4. The summed E-state index contributed by atoms with van der Waals surface area (Å²) in [6.45, 7) is 0.567. The minimum atomic E-state index is -0.379. The maximum Gasteiger partial charge on any atom is 0.291 e. The lowest BCUT2D eigenvalue weighted by molar-refractivity contribution is -0.129. The molecular weight excluding hydrogens is 222 g/mol. The zero-order valence-corrected chi connectivity index (χ0v) is 9.31. The Bertz CT molecular complexity index is 464. The van der Waals surface area contributed by atoms with Crippen LogP contribution in [-0.2, 0) is 4.79 Å². The zero-order chi connectivity index (χ0) is 11.8. The van der Waals surface area contributed by atoms with E-state index < -0.39 is 0 Å². The van der Waals surface area contributed by atoms with E-state index in [4.69, 9.17) is 4.42 Å². The molecule has 2 amide bonds. The van der Waals surface area contributed by atoms with E-state index in [1.807, 2.05) is 0 Å². The maximum absolute atomic E-state index is 11.8. The van der Waals surface area contributed by atoms with Gasteiger partial charge in [0.25, 0.3) is 5.91 Å². The van der Waals surface area contributed by atoms with Gasteiger partial charge >= 0.3 is 0 Å². The van der Waals surface area contributed by atoms with Crippen LogP contribution in [0.5, 0.6) is 0 Å². The number of oxazole rings is 1. The first-order valence-electron chi connectivity index (χ1n) is 5.81. The predicted octanol–water partition coefficient (Wildman–Crippen LogP) is 0.819. The topological polar surface area (TPSA) is 75.4 Å². The number of amides is 2. The van der Waals surface area contributed by atoms with Crippen molar-refractivity contribution in [1.82, 2.24) is 15.4 Å². The molecule has 1 saturated heterocycles. The third-order valence-corrected chi connectivity index (χ3v) is 2.99. The lowest BCUT2D eigenvalue weighted by Crippen LogP contribution is -2.42. The second-order valence-corrected chi connectivity index (χ2v) is 4.44. The van der Waals surface area contributed by atoms with Crippen molar-refractivity contribution in [1.29, 1.82) is 0 Å². The van der Waals surface area contributed by atoms with Gasteiger partial charge in [0.05, 0.1) is 0 Å². The fourth-order valence-corrected chi connectivity index (χ4v) is 1.86. The SMILES string of the molecule is O=C(NN1CCCC1=O)c1coc(C2CC2)n1. The molecular formula is C11H13N3O3. The molecule has 1 N–H and O–H groups in total. The van der Waals surface area contributed by atoms with Crippen molar-refractivity contribution in [2.45, 2.75) is 31.6 Å². The van der Waals surface area contributed by atoms with Gasteiger partial charge in [0.1, 0.15) is 6.26 Å². The number of aromatic nitrogens is 1. The van der Waals surface area contributed by atoms with E-state index in [0.29, 0.717) is 24.8 Å². The third kappa shape index (κ3) is 2.02. The van der Waals surface area contributed by atoms with Crippen molar-refractivity contribution in [3.63, 3.8) is 0 Å². The first-order valence-corrected chi connectivity index (χ1v) is 5.81. The number of hydrogen-bond donors (Lipinski definition) is 1. The molecule has 3 rings (SSSR count). The van der Waals surface area contributed by atoms with Crippen molar-refractivity contribution >= 4 is 11.8 Å². The van der Waals surface area contributed by atoms with Gasteiger partial charge < -0.3 is 4.42 Å². The molecule has 1 saturated carbocycles. The molecule has 17 heavy (non-hydrogen) atoms. The summed E-state index contributed by atoms with van der Waals surface area (Å²) in [7, 11) is 0. The van der Waals surface area contributed by atoms with Crippen molar-refractivity contribution in [2.75, 3.05) is 6.54 Å². The van der Waals surface area contributed by atoms with E-state index in [0.717, 1.165) is 19.3 Å². The van der Waals surface area contributed by atoms with Gasteiger partial charge in [-0.2, -0.15) is 0 Å². The molecule has 0 bridgehead atoms. The van der Waals surface area contributed by atoms with Crippen molar-refractivity contribution in [3.05, 3.63) is 17.8 Å². The average Bonchev–Trinajstić information content (AvgIpc) is 2.91. The van der Waals surface area contributed by atoms with Crippen LogP contribution in [0.25, 0.3) is 0 Å². The molecule has 0 spiro atoms. The van der Waals surface area contributed by atoms with E-state index in [2.05, 4.69) is 10.4 Å². The van der Waals surface area contributed by atoms with Crippen molar-refractivity contribution in [2.24, 2.45) is 0 Å². The van der Waals surface area contributed by atoms with Gasteiger partial charge in [-0.15, -0.1) is 0 Å². The first kappa shape index (κ1) is 10.3. The van der Waals surface area contributed by atoms with Gasteiger partial charge in [-0.25, -0.2) is 4.98 Å². The summed E-state index contributed by atoms with van der Waals surface area (Å²) in [5.74, 6) is 0.577. The standard InChI is InChI=1S/C11H13N3O3/c15-9-2-1-5-14(9)13-10(16)8-6-17-11(12-8)7-3-4-7/h6-7H,1-5H2,(H,13,16). The van der Waals surface area contributed by atoms with E-state index in [1.165, 1.54) is 11.3 Å². The fraction of sp³-hybridized carbons (Fsp3) is 0.545. The molecule has 0 radical (unpaired) electrons. The third-order valence-electron chi connectivity index (χ3n) is 2.99. The van der Waals surface area contributed by atoms with Gasteiger partial charge in [0, 0.05) is 18.9 Å². The molecule has 0 atom stereocenters. The number of hydrazine groups is 1. The molecule has 1 aromatic rings. The van der Waals surface area contributed by atoms with Crippen molar-refractivity contribution in [3.8, 4) is 0 Å². The molecule has 6 heteroatoms. The van der Waals surface area contributed by atoms with E-state index in [-0.39, 0.29) is 17.5 Å². The Morgan fingerprint density at radius 1 is 1.53 bits per heavy atom. The predicted molar refractivity (Wildman–Crippen MR) is 56.9 cm³/mol.